The van der Waals surface area contributed by atoms with Crippen LogP contribution in [-0.2, 0) is 0 Å². The number of aliphatic hydroxyl groups excluding tert-OH is 1. The molecule has 21 heavy (non-hydrogen) atoms. The third kappa shape index (κ3) is 1.35. The number of fused-ring (bicyclic) bond motifs is 2. The molecule has 1 N–H and O–H groups in total. The summed E-state index contributed by atoms with van der Waals surface area (Å²) in [6.07, 6.45) is 10.7. The maximum absolute atomic E-state index is 11.2. The lowest BCUT2D eigenvalue weighted by Gasteiger charge is -2.68. The van der Waals surface area contributed by atoms with E-state index >= 15 is 0 Å². The van der Waals surface area contributed by atoms with Gasteiger partial charge in [-0.2, -0.15) is 0 Å². The van der Waals surface area contributed by atoms with Gasteiger partial charge in [-0.15, -0.1) is 0 Å². The summed E-state index contributed by atoms with van der Waals surface area (Å²) in [5.74, 6) is 0.861. The molecule has 4 rings (SSSR count). The van der Waals surface area contributed by atoms with Gasteiger partial charge in [0.2, 0.25) is 0 Å². The third-order valence-corrected chi connectivity index (χ3v) is 9.46. The molecule has 4 aliphatic carbocycles. The first-order chi connectivity index (χ1) is 9.62. The highest BCUT2D eigenvalue weighted by Crippen LogP contribution is 2.82. The zero-order valence-electron chi connectivity index (χ0n) is 14.8. The fourth-order valence-electron chi connectivity index (χ4n) is 8.48. The smallest absolute Gasteiger partial charge is 0.0653 e. The average molecular weight is 290 g/mol. The standard InChI is InChI=1S/C20H34O/c1-16(2)8-6-9-18(4)14(16)7-10-19(5)15(21)17(3)11-12-20(18,19)13-17/h14-15,21H,6-13H2,1-5H3/t14?,15-,17?,18-,19-,20-/m0/s1. The van der Waals surface area contributed by atoms with Crippen molar-refractivity contribution in [3.63, 3.8) is 0 Å². The molecule has 1 heteroatoms. The Morgan fingerprint density at radius 2 is 1.52 bits per heavy atom. The zero-order valence-corrected chi connectivity index (χ0v) is 14.8. The second-order valence-corrected chi connectivity index (χ2v) is 10.6. The van der Waals surface area contributed by atoms with Crippen LogP contribution in [0, 0.1) is 33.0 Å². The van der Waals surface area contributed by atoms with Crippen LogP contribution in [0.4, 0.5) is 0 Å². The van der Waals surface area contributed by atoms with Crippen molar-refractivity contribution in [3.05, 3.63) is 0 Å². The number of hydrogen-bond acceptors (Lipinski definition) is 1. The van der Waals surface area contributed by atoms with Gasteiger partial charge in [-0.1, -0.05) is 41.0 Å². The summed E-state index contributed by atoms with van der Waals surface area (Å²) in [5, 5.41) is 11.2. The third-order valence-electron chi connectivity index (χ3n) is 9.46. The first kappa shape index (κ1) is 14.5. The summed E-state index contributed by atoms with van der Waals surface area (Å²) >= 11 is 0. The van der Waals surface area contributed by atoms with Gasteiger partial charge >= 0.3 is 0 Å². The van der Waals surface area contributed by atoms with E-state index < -0.39 is 0 Å². The van der Waals surface area contributed by atoms with Gasteiger partial charge in [-0.25, -0.2) is 0 Å². The Bertz CT molecular complexity index is 482. The van der Waals surface area contributed by atoms with Gasteiger partial charge in [-0.05, 0) is 72.5 Å². The molecule has 0 saturated heterocycles. The first-order valence-corrected chi connectivity index (χ1v) is 9.30. The van der Waals surface area contributed by atoms with E-state index in [1.165, 1.54) is 51.4 Å². The molecule has 0 amide bonds. The molecular formula is C20H34O. The molecule has 0 aliphatic heterocycles. The molecule has 6 atom stereocenters. The van der Waals surface area contributed by atoms with Crippen molar-refractivity contribution in [2.75, 3.05) is 0 Å². The molecule has 1 spiro atoms. The number of aliphatic hydroxyl groups is 1. The quantitative estimate of drug-likeness (QED) is 0.652. The Kier molecular flexibility index (Phi) is 2.57. The second kappa shape index (κ2) is 3.71. The van der Waals surface area contributed by atoms with Crippen LogP contribution < -0.4 is 0 Å². The first-order valence-electron chi connectivity index (χ1n) is 9.30. The topological polar surface area (TPSA) is 20.2 Å². The van der Waals surface area contributed by atoms with Gasteiger partial charge in [0.1, 0.15) is 0 Å². The summed E-state index contributed by atoms with van der Waals surface area (Å²) in [5.41, 5.74) is 1.74. The molecule has 0 aromatic carbocycles. The Labute approximate surface area is 130 Å². The molecule has 0 aromatic rings. The fraction of sp³-hybridized carbons (Fsp3) is 1.00. The van der Waals surface area contributed by atoms with Crippen LogP contribution >= 0.6 is 0 Å². The van der Waals surface area contributed by atoms with Crippen molar-refractivity contribution in [2.45, 2.75) is 92.1 Å². The van der Waals surface area contributed by atoms with Gasteiger partial charge in [0.25, 0.3) is 0 Å². The van der Waals surface area contributed by atoms with Gasteiger partial charge < -0.3 is 5.11 Å². The maximum atomic E-state index is 11.2. The molecule has 2 unspecified atom stereocenters. The molecule has 0 aromatic heterocycles. The van der Waals surface area contributed by atoms with Crippen molar-refractivity contribution in [1.29, 1.82) is 0 Å². The van der Waals surface area contributed by atoms with E-state index in [-0.39, 0.29) is 16.9 Å². The summed E-state index contributed by atoms with van der Waals surface area (Å²) in [6, 6.07) is 0. The summed E-state index contributed by atoms with van der Waals surface area (Å²) in [7, 11) is 0. The molecule has 1 nitrogen and oxygen atoms in total. The van der Waals surface area contributed by atoms with Crippen molar-refractivity contribution in [2.24, 2.45) is 33.0 Å². The number of hydrogen-bond donors (Lipinski definition) is 1. The van der Waals surface area contributed by atoms with Crippen LogP contribution in [0.3, 0.4) is 0 Å². The van der Waals surface area contributed by atoms with Crippen LogP contribution in [0.25, 0.3) is 0 Å². The van der Waals surface area contributed by atoms with Gasteiger partial charge in [0.05, 0.1) is 6.10 Å². The van der Waals surface area contributed by atoms with Crippen molar-refractivity contribution in [3.8, 4) is 0 Å². The van der Waals surface area contributed by atoms with Crippen molar-refractivity contribution in [1.82, 2.24) is 0 Å². The van der Waals surface area contributed by atoms with E-state index in [2.05, 4.69) is 34.6 Å². The zero-order chi connectivity index (χ0) is 15.3. The molecule has 4 saturated carbocycles. The Balaban J connectivity index is 1.87. The monoisotopic (exact) mass is 290 g/mol. The lowest BCUT2D eigenvalue weighted by molar-refractivity contribution is -0.211. The van der Waals surface area contributed by atoms with E-state index in [0.29, 0.717) is 16.2 Å². The van der Waals surface area contributed by atoms with Gasteiger partial charge in [0, 0.05) is 5.41 Å². The Morgan fingerprint density at radius 1 is 0.810 bits per heavy atom. The van der Waals surface area contributed by atoms with E-state index in [0.717, 1.165) is 5.92 Å². The molecule has 4 fully saturated rings. The fourth-order valence-corrected chi connectivity index (χ4v) is 8.48. The highest BCUT2D eigenvalue weighted by molar-refractivity contribution is 5.26. The normalized spacial score (nSPS) is 61.4. The minimum Gasteiger partial charge on any atom is -0.392 e. The van der Waals surface area contributed by atoms with E-state index in [1.54, 1.807) is 0 Å². The molecule has 2 bridgehead atoms. The molecule has 4 aliphatic rings. The Morgan fingerprint density at radius 3 is 2.24 bits per heavy atom. The van der Waals surface area contributed by atoms with Crippen LogP contribution in [0.5, 0.6) is 0 Å². The molecule has 0 radical (unpaired) electrons. The van der Waals surface area contributed by atoms with E-state index in [9.17, 15) is 5.11 Å². The van der Waals surface area contributed by atoms with Crippen molar-refractivity contribution >= 4 is 0 Å². The van der Waals surface area contributed by atoms with E-state index in [1.807, 2.05) is 0 Å². The molecule has 120 valence electrons. The average Bonchev–Trinajstić information content (AvgIpc) is 2.82. The largest absolute Gasteiger partial charge is 0.392 e. The molecular weight excluding hydrogens is 256 g/mol. The second-order valence-electron chi connectivity index (χ2n) is 10.6. The lowest BCUT2D eigenvalue weighted by atomic mass is 9.37. The van der Waals surface area contributed by atoms with Gasteiger partial charge in [0.15, 0.2) is 0 Å². The molecule has 0 heterocycles. The maximum Gasteiger partial charge on any atom is 0.0653 e. The van der Waals surface area contributed by atoms with Gasteiger partial charge in [-0.3, -0.25) is 0 Å². The minimum absolute atomic E-state index is 0.0680. The van der Waals surface area contributed by atoms with Crippen LogP contribution in [0.1, 0.15) is 86.0 Å². The van der Waals surface area contributed by atoms with Crippen molar-refractivity contribution < 1.29 is 5.11 Å². The van der Waals surface area contributed by atoms with Crippen LogP contribution in [-0.4, -0.2) is 11.2 Å². The summed E-state index contributed by atoms with van der Waals surface area (Å²) in [6.45, 7) is 12.5. The SMILES string of the molecule is CC1(C)CCC[C@@]2(C)C1CC[C@@]1(C)[C@@H](O)C3(C)CC[C@]21C3. The number of rotatable bonds is 0. The predicted molar refractivity (Wildman–Crippen MR) is 87.0 cm³/mol. The summed E-state index contributed by atoms with van der Waals surface area (Å²) in [4.78, 5) is 0. The van der Waals surface area contributed by atoms with E-state index in [4.69, 9.17) is 0 Å². The Hall–Kier alpha value is -0.0400. The van der Waals surface area contributed by atoms with Crippen LogP contribution in [0.2, 0.25) is 0 Å². The predicted octanol–water partition coefficient (Wildman–Crippen LogP) is 5.17. The highest BCUT2D eigenvalue weighted by Gasteiger charge is 2.77. The highest BCUT2D eigenvalue weighted by atomic mass is 16.3. The minimum atomic E-state index is -0.0680. The lowest BCUT2D eigenvalue weighted by Crippen LogP contribution is -2.62. The summed E-state index contributed by atoms with van der Waals surface area (Å²) < 4.78 is 0. The van der Waals surface area contributed by atoms with Crippen LogP contribution in [0.15, 0.2) is 0 Å².